The Bertz CT molecular complexity index is 1100. The minimum Gasteiger partial charge on any atom is -0.444 e. The van der Waals surface area contributed by atoms with Crippen LogP contribution in [0, 0.1) is 12.8 Å². The van der Waals surface area contributed by atoms with E-state index in [0.29, 0.717) is 26.2 Å². The maximum atomic E-state index is 13.4. The van der Waals surface area contributed by atoms with Gasteiger partial charge in [-0.2, -0.15) is 0 Å². The van der Waals surface area contributed by atoms with E-state index in [0.717, 1.165) is 24.0 Å². The Hall–Kier alpha value is -3.09. The van der Waals surface area contributed by atoms with Gasteiger partial charge in [-0.25, -0.2) is 4.79 Å². The normalized spacial score (nSPS) is 16.3. The number of pyridine rings is 1. The van der Waals surface area contributed by atoms with Crippen LogP contribution in [0.25, 0.3) is 0 Å². The van der Waals surface area contributed by atoms with Crippen molar-refractivity contribution >= 4 is 12.0 Å². The van der Waals surface area contributed by atoms with Crippen molar-refractivity contribution in [2.24, 2.45) is 5.92 Å². The van der Waals surface area contributed by atoms with Crippen molar-refractivity contribution < 1.29 is 14.3 Å². The molecule has 0 aliphatic carbocycles. The largest absolute Gasteiger partial charge is 0.444 e. The smallest absolute Gasteiger partial charge is 0.410 e. The summed E-state index contributed by atoms with van der Waals surface area (Å²) in [6.45, 7) is 13.6. The van der Waals surface area contributed by atoms with Crippen LogP contribution in [0.15, 0.2) is 47.4 Å². The number of aromatic nitrogens is 1. The van der Waals surface area contributed by atoms with E-state index in [-0.39, 0.29) is 35.1 Å². The molecule has 2 heterocycles. The van der Waals surface area contributed by atoms with Gasteiger partial charge in [-0.15, -0.1) is 0 Å². The van der Waals surface area contributed by atoms with E-state index < -0.39 is 5.60 Å². The lowest BCUT2D eigenvalue weighted by Gasteiger charge is -2.37. The van der Waals surface area contributed by atoms with E-state index >= 15 is 0 Å². The molecule has 35 heavy (non-hydrogen) atoms. The number of carbonyl (C=O) groups excluding carboxylic acids is 2. The van der Waals surface area contributed by atoms with Crippen molar-refractivity contribution in [2.45, 2.75) is 72.6 Å². The van der Waals surface area contributed by atoms with Gasteiger partial charge in [-0.3, -0.25) is 9.59 Å². The van der Waals surface area contributed by atoms with Gasteiger partial charge < -0.3 is 19.1 Å². The first kappa shape index (κ1) is 26.5. The highest BCUT2D eigenvalue weighted by molar-refractivity contribution is 5.93. The highest BCUT2D eigenvalue weighted by atomic mass is 16.6. The van der Waals surface area contributed by atoms with Gasteiger partial charge in [0.1, 0.15) is 11.2 Å². The summed E-state index contributed by atoms with van der Waals surface area (Å²) in [6, 6.07) is 11.4. The van der Waals surface area contributed by atoms with Crippen LogP contribution in [0.1, 0.15) is 68.9 Å². The predicted molar refractivity (Wildman–Crippen MR) is 138 cm³/mol. The molecule has 0 saturated carbocycles. The molecule has 1 aromatic carbocycles. The standard InChI is InChI=1S/C28H39N3O4/c1-20(2)31(27(34)35-28(4,5)6)19-23-12-8-14-30(18-23)26(33)24-13-9-15-29(25(24)32)17-22-11-7-10-21(3)16-22/h7,9-11,13,15-16,20,23H,8,12,14,17-19H2,1-6H3. The summed E-state index contributed by atoms with van der Waals surface area (Å²) < 4.78 is 7.18. The average Bonchev–Trinajstić information content (AvgIpc) is 2.77. The first-order valence-corrected chi connectivity index (χ1v) is 12.5. The number of hydrogen-bond acceptors (Lipinski definition) is 4. The number of hydrogen-bond donors (Lipinski definition) is 0. The Kier molecular flexibility index (Phi) is 8.41. The van der Waals surface area contributed by atoms with Gasteiger partial charge in [0.15, 0.2) is 0 Å². The number of ether oxygens (including phenoxy) is 1. The predicted octanol–water partition coefficient (Wildman–Crippen LogP) is 4.70. The van der Waals surface area contributed by atoms with Crippen molar-refractivity contribution in [2.75, 3.05) is 19.6 Å². The average molecular weight is 482 g/mol. The Labute approximate surface area is 208 Å². The molecular weight excluding hydrogens is 442 g/mol. The molecule has 2 aromatic rings. The van der Waals surface area contributed by atoms with Gasteiger partial charge in [-0.05, 0) is 78.0 Å². The highest BCUT2D eigenvalue weighted by Gasteiger charge is 2.31. The molecule has 7 heteroatoms. The molecule has 3 rings (SSSR count). The topological polar surface area (TPSA) is 71.8 Å². The van der Waals surface area contributed by atoms with Gasteiger partial charge >= 0.3 is 6.09 Å². The second-order valence-electron chi connectivity index (χ2n) is 10.8. The van der Waals surface area contributed by atoms with Crippen molar-refractivity contribution in [3.8, 4) is 0 Å². The third kappa shape index (κ3) is 7.20. The quantitative estimate of drug-likeness (QED) is 0.599. The number of benzene rings is 1. The van der Waals surface area contributed by atoms with Crippen LogP contribution in [-0.4, -0.2) is 57.6 Å². The summed E-state index contributed by atoms with van der Waals surface area (Å²) in [5.74, 6) is -0.118. The van der Waals surface area contributed by atoms with Crippen molar-refractivity contribution in [1.82, 2.24) is 14.4 Å². The van der Waals surface area contributed by atoms with E-state index in [9.17, 15) is 14.4 Å². The molecule has 0 bridgehead atoms. The molecule has 1 atom stereocenters. The highest BCUT2D eigenvalue weighted by Crippen LogP contribution is 2.22. The molecule has 1 aliphatic heterocycles. The minimum atomic E-state index is -0.565. The number of aryl methyl sites for hydroxylation is 1. The lowest BCUT2D eigenvalue weighted by atomic mass is 9.96. The molecule has 1 aliphatic rings. The third-order valence-electron chi connectivity index (χ3n) is 6.20. The van der Waals surface area contributed by atoms with Crippen LogP contribution < -0.4 is 5.56 Å². The van der Waals surface area contributed by atoms with Gasteiger partial charge in [0, 0.05) is 31.9 Å². The Morgan fingerprint density at radius 1 is 1.17 bits per heavy atom. The molecule has 0 radical (unpaired) electrons. The number of nitrogens with zero attached hydrogens (tertiary/aromatic N) is 3. The van der Waals surface area contributed by atoms with E-state index in [4.69, 9.17) is 4.74 Å². The minimum absolute atomic E-state index is 0.0149. The molecular formula is C28H39N3O4. The summed E-state index contributed by atoms with van der Waals surface area (Å²) >= 11 is 0. The second-order valence-corrected chi connectivity index (χ2v) is 10.8. The molecule has 7 nitrogen and oxygen atoms in total. The monoisotopic (exact) mass is 481 g/mol. The fraction of sp³-hybridized carbons (Fsp3) is 0.536. The van der Waals surface area contributed by atoms with Gasteiger partial charge in [0.05, 0.1) is 6.54 Å². The van der Waals surface area contributed by atoms with Crippen LogP contribution in [0.4, 0.5) is 4.79 Å². The lowest BCUT2D eigenvalue weighted by Crippen LogP contribution is -2.48. The SMILES string of the molecule is Cc1cccc(Cn2cccc(C(=O)N3CCCC(CN(C(=O)OC(C)(C)C)C(C)C)C3)c2=O)c1. The number of likely N-dealkylation sites (tertiary alicyclic amines) is 1. The molecule has 1 fully saturated rings. The van der Waals surface area contributed by atoms with E-state index in [1.54, 1.807) is 32.7 Å². The second kappa shape index (κ2) is 11.1. The van der Waals surface area contributed by atoms with Gasteiger partial charge in [0.2, 0.25) is 0 Å². The molecule has 1 aromatic heterocycles. The van der Waals surface area contributed by atoms with Crippen LogP contribution in [0.2, 0.25) is 0 Å². The summed E-state index contributed by atoms with van der Waals surface area (Å²) in [4.78, 5) is 42.8. The zero-order valence-corrected chi connectivity index (χ0v) is 21.9. The van der Waals surface area contributed by atoms with Crippen LogP contribution in [-0.2, 0) is 11.3 Å². The van der Waals surface area contributed by atoms with Crippen molar-refractivity contribution in [3.05, 3.63) is 69.6 Å². The Morgan fingerprint density at radius 3 is 2.57 bits per heavy atom. The van der Waals surface area contributed by atoms with Gasteiger partial charge in [-0.1, -0.05) is 29.8 Å². The zero-order chi connectivity index (χ0) is 25.8. The maximum absolute atomic E-state index is 13.4. The summed E-state index contributed by atoms with van der Waals surface area (Å²) in [5, 5.41) is 0. The van der Waals surface area contributed by atoms with Crippen LogP contribution in [0.3, 0.4) is 0 Å². The Morgan fingerprint density at radius 2 is 1.91 bits per heavy atom. The number of amides is 2. The van der Waals surface area contributed by atoms with Crippen LogP contribution in [0.5, 0.6) is 0 Å². The van der Waals surface area contributed by atoms with E-state index in [1.807, 2.05) is 65.8 Å². The zero-order valence-electron chi connectivity index (χ0n) is 21.9. The molecule has 1 saturated heterocycles. The van der Waals surface area contributed by atoms with Crippen LogP contribution >= 0.6 is 0 Å². The lowest BCUT2D eigenvalue weighted by molar-refractivity contribution is 0.0124. The summed E-state index contributed by atoms with van der Waals surface area (Å²) in [7, 11) is 0. The van der Waals surface area contributed by atoms with Crippen molar-refractivity contribution in [1.29, 1.82) is 0 Å². The fourth-order valence-corrected chi connectivity index (χ4v) is 4.50. The van der Waals surface area contributed by atoms with E-state index in [2.05, 4.69) is 0 Å². The molecule has 2 amide bonds. The summed E-state index contributed by atoms with van der Waals surface area (Å²) in [6.07, 6.45) is 3.14. The molecule has 190 valence electrons. The summed E-state index contributed by atoms with van der Waals surface area (Å²) in [5.41, 5.74) is 1.49. The maximum Gasteiger partial charge on any atom is 0.410 e. The van der Waals surface area contributed by atoms with E-state index in [1.165, 1.54) is 0 Å². The molecule has 1 unspecified atom stereocenters. The Balaban J connectivity index is 1.72. The van der Waals surface area contributed by atoms with Crippen molar-refractivity contribution in [3.63, 3.8) is 0 Å². The number of rotatable bonds is 6. The first-order chi connectivity index (χ1) is 16.4. The fourth-order valence-electron chi connectivity index (χ4n) is 4.50. The number of carbonyl (C=O) groups is 2. The van der Waals surface area contributed by atoms with Gasteiger partial charge in [0.25, 0.3) is 11.5 Å². The molecule has 0 N–H and O–H groups in total. The number of piperidine rings is 1. The molecule has 0 spiro atoms. The first-order valence-electron chi connectivity index (χ1n) is 12.5. The third-order valence-corrected chi connectivity index (χ3v) is 6.20.